The number of nitrogens with zero attached hydrogens (tertiary/aromatic N) is 3. The van der Waals surface area contributed by atoms with Gasteiger partial charge in [-0.3, -0.25) is 10.1 Å². The van der Waals surface area contributed by atoms with E-state index in [4.69, 9.17) is 5.73 Å². The number of benzene rings is 1. The number of para-hydroxylation sites is 1. The van der Waals surface area contributed by atoms with E-state index in [1.54, 1.807) is 0 Å². The van der Waals surface area contributed by atoms with Gasteiger partial charge in [0.1, 0.15) is 6.33 Å². The molecule has 1 aromatic carbocycles. The highest BCUT2D eigenvalue weighted by Gasteiger charge is 2.21. The van der Waals surface area contributed by atoms with E-state index in [1.807, 2.05) is 30.5 Å². The molecule has 0 amide bonds. The SMILES string of the molecule is CSc1ccccc1Nc1ncnc(N)c1[N+](=O)[O-]. The molecule has 2 aromatic rings. The van der Waals surface area contributed by atoms with Crippen molar-refractivity contribution in [1.29, 1.82) is 0 Å². The van der Waals surface area contributed by atoms with Crippen LogP contribution in [-0.4, -0.2) is 21.1 Å². The quantitative estimate of drug-likeness (QED) is 0.502. The fourth-order valence-electron chi connectivity index (χ4n) is 1.54. The van der Waals surface area contributed by atoms with Gasteiger partial charge in [-0.25, -0.2) is 9.97 Å². The number of aromatic nitrogens is 2. The molecule has 0 aliphatic rings. The van der Waals surface area contributed by atoms with Crippen molar-refractivity contribution < 1.29 is 4.92 Å². The maximum atomic E-state index is 11.0. The Balaban J connectivity index is 2.44. The Bertz CT molecular complexity index is 620. The third-order valence-corrected chi connectivity index (χ3v) is 3.19. The molecule has 0 radical (unpaired) electrons. The molecule has 0 atom stereocenters. The number of rotatable bonds is 4. The first-order chi connectivity index (χ1) is 9.13. The van der Waals surface area contributed by atoms with Gasteiger partial charge in [-0.05, 0) is 18.4 Å². The first-order valence-corrected chi connectivity index (χ1v) is 6.51. The summed E-state index contributed by atoms with van der Waals surface area (Å²) >= 11 is 1.53. The fraction of sp³-hybridized carbons (Fsp3) is 0.0909. The monoisotopic (exact) mass is 277 g/mol. The lowest BCUT2D eigenvalue weighted by Crippen LogP contribution is -2.05. The molecule has 0 saturated heterocycles. The molecule has 0 bridgehead atoms. The Morgan fingerprint density at radius 1 is 1.37 bits per heavy atom. The van der Waals surface area contributed by atoms with Gasteiger partial charge in [0.05, 0.1) is 10.6 Å². The molecule has 0 aliphatic carbocycles. The van der Waals surface area contributed by atoms with Crippen molar-refractivity contribution in [3.05, 3.63) is 40.7 Å². The van der Waals surface area contributed by atoms with E-state index < -0.39 is 4.92 Å². The van der Waals surface area contributed by atoms with Gasteiger partial charge >= 0.3 is 5.69 Å². The average molecular weight is 277 g/mol. The molecule has 98 valence electrons. The van der Waals surface area contributed by atoms with Crippen molar-refractivity contribution in [3.63, 3.8) is 0 Å². The van der Waals surface area contributed by atoms with Crippen LogP contribution in [0.1, 0.15) is 0 Å². The summed E-state index contributed by atoms with van der Waals surface area (Å²) in [6.07, 6.45) is 3.11. The van der Waals surface area contributed by atoms with Gasteiger partial charge in [-0.1, -0.05) is 12.1 Å². The number of nitro groups is 1. The summed E-state index contributed by atoms with van der Waals surface area (Å²) in [6.45, 7) is 0. The molecular weight excluding hydrogens is 266 g/mol. The van der Waals surface area contributed by atoms with E-state index >= 15 is 0 Å². The maximum Gasteiger partial charge on any atom is 0.353 e. The van der Waals surface area contributed by atoms with Gasteiger partial charge in [0, 0.05) is 4.90 Å². The zero-order valence-corrected chi connectivity index (χ0v) is 10.8. The van der Waals surface area contributed by atoms with Crippen LogP contribution in [0, 0.1) is 10.1 Å². The molecule has 0 spiro atoms. The second-order valence-electron chi connectivity index (χ2n) is 3.54. The van der Waals surface area contributed by atoms with Gasteiger partial charge in [0.2, 0.25) is 11.6 Å². The maximum absolute atomic E-state index is 11.0. The normalized spacial score (nSPS) is 10.2. The summed E-state index contributed by atoms with van der Waals surface area (Å²) in [4.78, 5) is 18.8. The van der Waals surface area contributed by atoms with Crippen molar-refractivity contribution >= 4 is 34.8 Å². The molecule has 19 heavy (non-hydrogen) atoms. The van der Waals surface area contributed by atoms with E-state index in [-0.39, 0.29) is 17.3 Å². The third-order valence-electron chi connectivity index (χ3n) is 2.39. The van der Waals surface area contributed by atoms with Gasteiger partial charge in [0.25, 0.3) is 0 Å². The molecule has 0 fully saturated rings. The number of nitrogens with two attached hydrogens (primary N) is 1. The predicted molar refractivity (Wildman–Crippen MR) is 74.6 cm³/mol. The standard InChI is InChI=1S/C11H11N5O2S/c1-19-8-5-3-2-4-7(8)15-11-9(16(17)18)10(12)13-6-14-11/h2-6H,1H3,(H3,12,13,14,15). The van der Waals surface area contributed by atoms with E-state index in [2.05, 4.69) is 15.3 Å². The van der Waals surface area contributed by atoms with Crippen LogP contribution in [-0.2, 0) is 0 Å². The van der Waals surface area contributed by atoms with Crippen molar-refractivity contribution in [3.8, 4) is 0 Å². The van der Waals surface area contributed by atoms with E-state index in [1.165, 1.54) is 18.1 Å². The van der Waals surface area contributed by atoms with E-state index in [9.17, 15) is 10.1 Å². The molecule has 1 aromatic heterocycles. The lowest BCUT2D eigenvalue weighted by Gasteiger charge is -2.09. The predicted octanol–water partition coefficient (Wildman–Crippen LogP) is 2.43. The number of nitrogens with one attached hydrogen (secondary N) is 1. The van der Waals surface area contributed by atoms with Crippen LogP contribution >= 0.6 is 11.8 Å². The minimum absolute atomic E-state index is 0.0824. The third kappa shape index (κ3) is 2.74. The summed E-state index contributed by atoms with van der Waals surface area (Å²) in [5.41, 5.74) is 5.92. The van der Waals surface area contributed by atoms with Crippen LogP contribution in [0.25, 0.3) is 0 Å². The molecule has 3 N–H and O–H groups in total. The summed E-state index contributed by atoms with van der Waals surface area (Å²) in [5.74, 6) is -0.0804. The van der Waals surface area contributed by atoms with Crippen LogP contribution in [0.5, 0.6) is 0 Å². The van der Waals surface area contributed by atoms with Crippen LogP contribution < -0.4 is 11.1 Å². The number of hydrogen-bond donors (Lipinski definition) is 2. The molecule has 0 unspecified atom stereocenters. The fourth-order valence-corrected chi connectivity index (χ4v) is 2.09. The van der Waals surface area contributed by atoms with Gasteiger partial charge < -0.3 is 11.1 Å². The zero-order chi connectivity index (χ0) is 13.8. The molecule has 0 saturated carbocycles. The Morgan fingerprint density at radius 3 is 2.79 bits per heavy atom. The number of hydrogen-bond acceptors (Lipinski definition) is 7. The van der Waals surface area contributed by atoms with Gasteiger partial charge in [-0.15, -0.1) is 11.8 Å². The van der Waals surface area contributed by atoms with Crippen LogP contribution in [0.4, 0.5) is 23.0 Å². The number of thioether (sulfide) groups is 1. The smallest absolute Gasteiger partial charge is 0.353 e. The molecular formula is C11H11N5O2S. The lowest BCUT2D eigenvalue weighted by molar-refractivity contribution is -0.383. The molecule has 2 rings (SSSR count). The summed E-state index contributed by atoms with van der Waals surface area (Å²) < 4.78 is 0. The minimum Gasteiger partial charge on any atom is -0.378 e. The minimum atomic E-state index is -0.598. The molecule has 7 nitrogen and oxygen atoms in total. The van der Waals surface area contributed by atoms with Crippen molar-refractivity contribution in [2.45, 2.75) is 4.90 Å². The summed E-state index contributed by atoms with van der Waals surface area (Å²) in [5, 5.41) is 13.9. The van der Waals surface area contributed by atoms with Crippen LogP contribution in [0.3, 0.4) is 0 Å². The zero-order valence-electron chi connectivity index (χ0n) is 10.0. The van der Waals surface area contributed by atoms with Gasteiger partial charge in [-0.2, -0.15) is 0 Å². The highest BCUT2D eigenvalue weighted by molar-refractivity contribution is 7.98. The Labute approximate surface area is 113 Å². The topological polar surface area (TPSA) is 107 Å². The number of anilines is 3. The van der Waals surface area contributed by atoms with Crippen LogP contribution in [0.15, 0.2) is 35.5 Å². The second-order valence-corrected chi connectivity index (χ2v) is 4.39. The summed E-state index contributed by atoms with van der Waals surface area (Å²) in [7, 11) is 0. The number of nitrogen functional groups attached to an aromatic ring is 1. The van der Waals surface area contributed by atoms with E-state index in [0.29, 0.717) is 0 Å². The Hall–Kier alpha value is -2.35. The van der Waals surface area contributed by atoms with Crippen LogP contribution in [0.2, 0.25) is 0 Å². The first kappa shape index (κ1) is 13.1. The molecule has 8 heteroatoms. The van der Waals surface area contributed by atoms with Crippen molar-refractivity contribution in [1.82, 2.24) is 9.97 Å². The Kier molecular flexibility index (Phi) is 3.81. The largest absolute Gasteiger partial charge is 0.378 e. The first-order valence-electron chi connectivity index (χ1n) is 5.28. The summed E-state index contributed by atoms with van der Waals surface area (Å²) in [6, 6.07) is 7.44. The molecule has 1 heterocycles. The average Bonchev–Trinajstić information content (AvgIpc) is 2.39. The highest BCUT2D eigenvalue weighted by Crippen LogP contribution is 2.32. The second kappa shape index (κ2) is 5.53. The van der Waals surface area contributed by atoms with E-state index in [0.717, 1.165) is 10.6 Å². The lowest BCUT2D eigenvalue weighted by atomic mass is 10.3. The Morgan fingerprint density at radius 2 is 2.11 bits per heavy atom. The van der Waals surface area contributed by atoms with Crippen molar-refractivity contribution in [2.24, 2.45) is 0 Å². The van der Waals surface area contributed by atoms with Gasteiger partial charge in [0.15, 0.2) is 0 Å². The highest BCUT2D eigenvalue weighted by atomic mass is 32.2. The van der Waals surface area contributed by atoms with Crippen molar-refractivity contribution in [2.75, 3.05) is 17.3 Å². The molecule has 0 aliphatic heterocycles.